The summed E-state index contributed by atoms with van der Waals surface area (Å²) < 4.78 is 7.62. The van der Waals surface area contributed by atoms with Crippen molar-refractivity contribution in [3.8, 4) is 0 Å². The Morgan fingerprint density at radius 1 is 1.17 bits per heavy atom. The van der Waals surface area contributed by atoms with Gasteiger partial charge in [-0.15, -0.1) is 5.10 Å². The number of aromatic nitrogens is 3. The van der Waals surface area contributed by atoms with Gasteiger partial charge in [0.2, 0.25) is 0 Å². The first-order valence-corrected chi connectivity index (χ1v) is 8.75. The van der Waals surface area contributed by atoms with E-state index >= 15 is 0 Å². The molecule has 0 bridgehead atoms. The molecule has 1 aromatic rings. The predicted octanol–water partition coefficient (Wildman–Crippen LogP) is 1.63. The van der Waals surface area contributed by atoms with Crippen molar-refractivity contribution in [3.63, 3.8) is 0 Å². The third-order valence-electron chi connectivity index (χ3n) is 5.25. The van der Waals surface area contributed by atoms with Gasteiger partial charge < -0.3 is 14.5 Å². The fourth-order valence-corrected chi connectivity index (χ4v) is 3.48. The lowest BCUT2D eigenvalue weighted by molar-refractivity contribution is 0.0364. The van der Waals surface area contributed by atoms with Gasteiger partial charge in [-0.3, -0.25) is 0 Å². The van der Waals surface area contributed by atoms with Crippen LogP contribution in [0, 0.1) is 0 Å². The van der Waals surface area contributed by atoms with Crippen molar-refractivity contribution >= 4 is 6.09 Å². The normalized spacial score (nSPS) is 26.7. The summed E-state index contributed by atoms with van der Waals surface area (Å²) in [5.74, 6) is 0.621. The SMILES string of the molecule is CN1CCC(OC(=O)N2CCC(n3cc(C4CC4)nn3)C2)CC1. The highest BCUT2D eigenvalue weighted by atomic mass is 16.6. The van der Waals surface area contributed by atoms with Crippen LogP contribution >= 0.6 is 0 Å². The summed E-state index contributed by atoms with van der Waals surface area (Å²) in [4.78, 5) is 16.4. The van der Waals surface area contributed by atoms with E-state index in [1.165, 1.54) is 12.8 Å². The highest BCUT2D eigenvalue weighted by Gasteiger charge is 2.32. The van der Waals surface area contributed by atoms with Gasteiger partial charge >= 0.3 is 6.09 Å². The molecule has 1 unspecified atom stereocenters. The molecule has 1 aliphatic carbocycles. The van der Waals surface area contributed by atoms with Crippen LogP contribution in [0.2, 0.25) is 0 Å². The lowest BCUT2D eigenvalue weighted by atomic mass is 10.1. The standard InChI is InChI=1S/C16H25N5O2/c1-19-7-5-14(6-8-19)23-16(22)20-9-4-13(10-20)21-11-15(17-18-21)12-2-3-12/h11-14H,2-10H2,1H3. The number of ether oxygens (including phenoxy) is 1. The van der Waals surface area contributed by atoms with Crippen LogP contribution in [-0.2, 0) is 4.74 Å². The van der Waals surface area contributed by atoms with Crippen LogP contribution in [-0.4, -0.2) is 70.2 Å². The zero-order valence-corrected chi connectivity index (χ0v) is 13.7. The summed E-state index contributed by atoms with van der Waals surface area (Å²) in [5.41, 5.74) is 1.11. The highest BCUT2D eigenvalue weighted by molar-refractivity contribution is 5.68. The van der Waals surface area contributed by atoms with Crippen molar-refractivity contribution in [2.24, 2.45) is 0 Å². The number of nitrogens with zero attached hydrogens (tertiary/aromatic N) is 5. The minimum Gasteiger partial charge on any atom is -0.446 e. The molecular formula is C16H25N5O2. The van der Waals surface area contributed by atoms with Gasteiger partial charge in [-0.05, 0) is 39.2 Å². The number of hydrogen-bond donors (Lipinski definition) is 0. The summed E-state index contributed by atoms with van der Waals surface area (Å²) in [6.07, 6.45) is 7.25. The van der Waals surface area contributed by atoms with E-state index in [2.05, 4.69) is 28.5 Å². The van der Waals surface area contributed by atoms with E-state index in [1.54, 1.807) is 0 Å². The molecule has 126 valence electrons. The smallest absolute Gasteiger partial charge is 0.410 e. The summed E-state index contributed by atoms with van der Waals surface area (Å²) >= 11 is 0. The third-order valence-corrected chi connectivity index (χ3v) is 5.25. The molecule has 3 aliphatic rings. The molecule has 0 aromatic carbocycles. The minimum atomic E-state index is -0.162. The average molecular weight is 319 g/mol. The molecule has 0 N–H and O–H groups in total. The Balaban J connectivity index is 1.29. The lowest BCUT2D eigenvalue weighted by Crippen LogP contribution is -2.38. The molecule has 7 heteroatoms. The van der Waals surface area contributed by atoms with E-state index in [9.17, 15) is 4.79 Å². The molecule has 2 aliphatic heterocycles. The molecule has 0 spiro atoms. The molecule has 3 fully saturated rings. The van der Waals surface area contributed by atoms with Gasteiger partial charge in [0, 0.05) is 38.3 Å². The third kappa shape index (κ3) is 3.34. The van der Waals surface area contributed by atoms with Gasteiger partial charge in [-0.1, -0.05) is 5.21 Å². The first kappa shape index (κ1) is 14.9. The number of likely N-dealkylation sites (tertiary alicyclic amines) is 2. The molecule has 4 rings (SSSR count). The van der Waals surface area contributed by atoms with E-state index in [0.717, 1.165) is 44.6 Å². The molecule has 1 atom stereocenters. The molecule has 1 saturated carbocycles. The molecule has 1 aromatic heterocycles. The number of hydrogen-bond acceptors (Lipinski definition) is 5. The monoisotopic (exact) mass is 319 g/mol. The van der Waals surface area contributed by atoms with Crippen molar-refractivity contribution in [2.75, 3.05) is 33.2 Å². The lowest BCUT2D eigenvalue weighted by Gasteiger charge is -2.29. The van der Waals surface area contributed by atoms with Gasteiger partial charge in [0.15, 0.2) is 0 Å². The van der Waals surface area contributed by atoms with Gasteiger partial charge in [0.1, 0.15) is 6.10 Å². The molecule has 3 heterocycles. The van der Waals surface area contributed by atoms with Crippen LogP contribution in [0.25, 0.3) is 0 Å². The Kier molecular flexibility index (Phi) is 3.97. The van der Waals surface area contributed by atoms with Crippen molar-refractivity contribution in [2.45, 2.75) is 50.2 Å². The van der Waals surface area contributed by atoms with Crippen LogP contribution in [0.5, 0.6) is 0 Å². The van der Waals surface area contributed by atoms with E-state index in [4.69, 9.17) is 4.74 Å². The van der Waals surface area contributed by atoms with Crippen LogP contribution < -0.4 is 0 Å². The fraction of sp³-hybridized carbons (Fsp3) is 0.812. The maximum atomic E-state index is 12.3. The number of carbonyl (C=O) groups is 1. The Labute approximate surface area is 136 Å². The Bertz CT molecular complexity index is 563. The number of carbonyl (C=O) groups excluding carboxylic acids is 1. The molecule has 7 nitrogen and oxygen atoms in total. The molecule has 0 radical (unpaired) electrons. The average Bonchev–Trinajstić information content (AvgIpc) is 3.09. The van der Waals surface area contributed by atoms with Crippen molar-refractivity contribution in [3.05, 3.63) is 11.9 Å². The van der Waals surface area contributed by atoms with Crippen molar-refractivity contribution in [1.82, 2.24) is 24.8 Å². The minimum absolute atomic E-state index is 0.0746. The topological polar surface area (TPSA) is 63.5 Å². The maximum absolute atomic E-state index is 12.3. The molecular weight excluding hydrogens is 294 g/mol. The first-order chi connectivity index (χ1) is 11.2. The summed E-state index contributed by atoms with van der Waals surface area (Å²) in [6, 6.07) is 0.236. The largest absolute Gasteiger partial charge is 0.446 e. The number of amides is 1. The summed E-state index contributed by atoms with van der Waals surface area (Å²) in [5, 5.41) is 8.53. The molecule has 23 heavy (non-hydrogen) atoms. The van der Waals surface area contributed by atoms with E-state index in [-0.39, 0.29) is 18.2 Å². The number of piperidine rings is 1. The predicted molar refractivity (Wildman–Crippen MR) is 84.2 cm³/mol. The van der Waals surface area contributed by atoms with E-state index < -0.39 is 0 Å². The Morgan fingerprint density at radius 2 is 1.96 bits per heavy atom. The first-order valence-electron chi connectivity index (χ1n) is 8.75. The quantitative estimate of drug-likeness (QED) is 0.847. The maximum Gasteiger partial charge on any atom is 0.410 e. The zero-order chi connectivity index (χ0) is 15.8. The van der Waals surface area contributed by atoms with Crippen LogP contribution in [0.3, 0.4) is 0 Å². The van der Waals surface area contributed by atoms with Crippen LogP contribution in [0.15, 0.2) is 6.20 Å². The van der Waals surface area contributed by atoms with Gasteiger partial charge in [-0.2, -0.15) is 0 Å². The van der Waals surface area contributed by atoms with Gasteiger partial charge in [-0.25, -0.2) is 9.48 Å². The van der Waals surface area contributed by atoms with E-state index in [1.807, 2.05) is 9.58 Å². The second kappa shape index (κ2) is 6.11. The summed E-state index contributed by atoms with van der Waals surface area (Å²) in [6.45, 7) is 3.43. The van der Waals surface area contributed by atoms with E-state index in [0.29, 0.717) is 12.5 Å². The zero-order valence-electron chi connectivity index (χ0n) is 13.7. The number of rotatable bonds is 3. The van der Waals surface area contributed by atoms with Gasteiger partial charge in [0.25, 0.3) is 0 Å². The van der Waals surface area contributed by atoms with Crippen molar-refractivity contribution < 1.29 is 9.53 Å². The Morgan fingerprint density at radius 3 is 2.70 bits per heavy atom. The molecule has 2 saturated heterocycles. The van der Waals surface area contributed by atoms with Crippen molar-refractivity contribution in [1.29, 1.82) is 0 Å². The van der Waals surface area contributed by atoms with Gasteiger partial charge in [0.05, 0.1) is 11.7 Å². The highest BCUT2D eigenvalue weighted by Crippen LogP contribution is 2.39. The van der Waals surface area contributed by atoms with Crippen LogP contribution in [0.1, 0.15) is 49.8 Å². The second-order valence-corrected chi connectivity index (χ2v) is 7.17. The Hall–Kier alpha value is -1.63. The molecule has 1 amide bonds. The van der Waals surface area contributed by atoms with Crippen LogP contribution in [0.4, 0.5) is 4.79 Å². The summed E-state index contributed by atoms with van der Waals surface area (Å²) in [7, 11) is 2.11. The second-order valence-electron chi connectivity index (χ2n) is 7.17. The fourth-order valence-electron chi connectivity index (χ4n) is 3.48.